The summed E-state index contributed by atoms with van der Waals surface area (Å²) in [5.41, 5.74) is 11.0. The largest absolute Gasteiger partial charge is 0.398 e. The van der Waals surface area contributed by atoms with E-state index in [0.29, 0.717) is 0 Å². The molecule has 2 aromatic heterocycles. The summed E-state index contributed by atoms with van der Waals surface area (Å²) in [4.78, 5) is 6.97. The van der Waals surface area contributed by atoms with Crippen LogP contribution in [-0.2, 0) is 6.54 Å². The normalized spacial score (nSPS) is 11.0. The first kappa shape index (κ1) is 13.5. The van der Waals surface area contributed by atoms with Gasteiger partial charge in [0.25, 0.3) is 0 Å². The lowest BCUT2D eigenvalue weighted by atomic mass is 10.2. The van der Waals surface area contributed by atoms with Gasteiger partial charge < -0.3 is 15.0 Å². The smallest absolute Gasteiger partial charge is 0.137 e. The van der Waals surface area contributed by atoms with Crippen LogP contribution in [-0.4, -0.2) is 15.9 Å². The summed E-state index contributed by atoms with van der Waals surface area (Å²) in [6.07, 6.45) is 3.94. The number of pyridine rings is 1. The molecule has 0 saturated heterocycles. The maximum atomic E-state index is 5.81. The second-order valence-corrected chi connectivity index (χ2v) is 5.31. The number of anilines is 2. The van der Waals surface area contributed by atoms with Gasteiger partial charge in [-0.05, 0) is 43.7 Å². The molecule has 0 aliphatic heterocycles. The molecule has 0 bridgehead atoms. The predicted molar refractivity (Wildman–Crippen MR) is 87.5 cm³/mol. The molecular formula is C17H20N4. The number of hydrogen-bond donors (Lipinski definition) is 1. The SMILES string of the molecule is CCN(Cc1cn2cc(N)ccc2n1)c1cccc(C)c1. The van der Waals surface area contributed by atoms with Crippen LogP contribution in [0.25, 0.3) is 5.65 Å². The van der Waals surface area contributed by atoms with E-state index in [9.17, 15) is 0 Å². The highest BCUT2D eigenvalue weighted by Crippen LogP contribution is 2.18. The monoisotopic (exact) mass is 280 g/mol. The Morgan fingerprint density at radius 1 is 1.19 bits per heavy atom. The van der Waals surface area contributed by atoms with Gasteiger partial charge in [-0.3, -0.25) is 0 Å². The lowest BCUT2D eigenvalue weighted by molar-refractivity contribution is 0.815. The lowest BCUT2D eigenvalue weighted by Crippen LogP contribution is -2.22. The Balaban J connectivity index is 1.88. The molecule has 2 heterocycles. The number of aryl methyl sites for hydroxylation is 1. The Morgan fingerprint density at radius 3 is 2.81 bits per heavy atom. The number of nitrogen functional groups attached to an aromatic ring is 1. The molecule has 0 aliphatic rings. The summed E-state index contributed by atoms with van der Waals surface area (Å²) in [5.74, 6) is 0. The van der Waals surface area contributed by atoms with Crippen LogP contribution in [0.4, 0.5) is 11.4 Å². The minimum absolute atomic E-state index is 0.748. The Kier molecular flexibility index (Phi) is 3.52. The first-order valence-corrected chi connectivity index (χ1v) is 7.20. The quantitative estimate of drug-likeness (QED) is 0.798. The summed E-state index contributed by atoms with van der Waals surface area (Å²) in [7, 11) is 0. The Bertz CT molecular complexity index is 760. The summed E-state index contributed by atoms with van der Waals surface area (Å²) in [5, 5.41) is 0. The minimum Gasteiger partial charge on any atom is -0.398 e. The molecule has 0 atom stereocenters. The van der Waals surface area contributed by atoms with Crippen molar-refractivity contribution in [3.05, 3.63) is 60.0 Å². The molecule has 0 fully saturated rings. The van der Waals surface area contributed by atoms with Gasteiger partial charge in [-0.15, -0.1) is 0 Å². The topological polar surface area (TPSA) is 46.6 Å². The van der Waals surface area contributed by atoms with Gasteiger partial charge in [-0.25, -0.2) is 4.98 Å². The number of hydrogen-bond acceptors (Lipinski definition) is 3. The molecule has 0 saturated carbocycles. The van der Waals surface area contributed by atoms with E-state index in [4.69, 9.17) is 5.73 Å². The highest BCUT2D eigenvalue weighted by atomic mass is 15.1. The number of fused-ring (bicyclic) bond motifs is 1. The first-order valence-electron chi connectivity index (χ1n) is 7.20. The van der Waals surface area contributed by atoms with Crippen molar-refractivity contribution in [2.24, 2.45) is 0 Å². The van der Waals surface area contributed by atoms with E-state index in [1.807, 2.05) is 28.9 Å². The second kappa shape index (κ2) is 5.48. The van der Waals surface area contributed by atoms with Crippen molar-refractivity contribution in [2.45, 2.75) is 20.4 Å². The van der Waals surface area contributed by atoms with Crippen molar-refractivity contribution in [1.29, 1.82) is 0 Å². The zero-order chi connectivity index (χ0) is 14.8. The van der Waals surface area contributed by atoms with Gasteiger partial charge in [0.1, 0.15) is 5.65 Å². The van der Waals surface area contributed by atoms with Gasteiger partial charge in [0.15, 0.2) is 0 Å². The molecule has 0 unspecified atom stereocenters. The summed E-state index contributed by atoms with van der Waals surface area (Å²) in [6.45, 7) is 6.02. The van der Waals surface area contributed by atoms with Crippen LogP contribution >= 0.6 is 0 Å². The molecule has 3 rings (SSSR count). The van der Waals surface area contributed by atoms with Crippen molar-refractivity contribution in [2.75, 3.05) is 17.2 Å². The van der Waals surface area contributed by atoms with Crippen molar-refractivity contribution < 1.29 is 0 Å². The van der Waals surface area contributed by atoms with Crippen LogP contribution in [0.1, 0.15) is 18.2 Å². The maximum Gasteiger partial charge on any atom is 0.137 e. The fraction of sp³-hybridized carbons (Fsp3) is 0.235. The highest BCUT2D eigenvalue weighted by Gasteiger charge is 2.08. The molecule has 3 aromatic rings. The van der Waals surface area contributed by atoms with E-state index in [0.717, 1.165) is 30.1 Å². The van der Waals surface area contributed by atoms with Crippen LogP contribution < -0.4 is 10.6 Å². The third-order valence-corrected chi connectivity index (χ3v) is 3.63. The average molecular weight is 280 g/mol. The fourth-order valence-corrected chi connectivity index (χ4v) is 2.54. The van der Waals surface area contributed by atoms with E-state index in [2.05, 4.69) is 48.0 Å². The molecule has 4 nitrogen and oxygen atoms in total. The predicted octanol–water partition coefficient (Wildman–Crippen LogP) is 3.25. The van der Waals surface area contributed by atoms with Gasteiger partial charge in [0.2, 0.25) is 0 Å². The summed E-state index contributed by atoms with van der Waals surface area (Å²) in [6, 6.07) is 12.4. The molecule has 0 radical (unpaired) electrons. The van der Waals surface area contributed by atoms with Crippen LogP contribution in [0.2, 0.25) is 0 Å². The van der Waals surface area contributed by atoms with Crippen molar-refractivity contribution in [3.63, 3.8) is 0 Å². The zero-order valence-electron chi connectivity index (χ0n) is 12.5. The fourth-order valence-electron chi connectivity index (χ4n) is 2.54. The van der Waals surface area contributed by atoms with Crippen molar-refractivity contribution >= 4 is 17.0 Å². The molecular weight excluding hydrogens is 260 g/mol. The zero-order valence-corrected chi connectivity index (χ0v) is 12.5. The van der Waals surface area contributed by atoms with Gasteiger partial charge >= 0.3 is 0 Å². The highest BCUT2D eigenvalue weighted by molar-refractivity contribution is 5.51. The summed E-state index contributed by atoms with van der Waals surface area (Å²) >= 11 is 0. The Labute approximate surface area is 124 Å². The molecule has 21 heavy (non-hydrogen) atoms. The lowest BCUT2D eigenvalue weighted by Gasteiger charge is -2.22. The number of rotatable bonds is 4. The number of nitrogens with zero attached hydrogens (tertiary/aromatic N) is 3. The number of benzene rings is 1. The molecule has 0 amide bonds. The van der Waals surface area contributed by atoms with E-state index in [-0.39, 0.29) is 0 Å². The van der Waals surface area contributed by atoms with E-state index in [1.165, 1.54) is 11.3 Å². The van der Waals surface area contributed by atoms with Gasteiger partial charge in [0.05, 0.1) is 12.2 Å². The minimum atomic E-state index is 0.748. The van der Waals surface area contributed by atoms with Crippen LogP contribution in [0.15, 0.2) is 48.8 Å². The first-order chi connectivity index (χ1) is 10.2. The van der Waals surface area contributed by atoms with Crippen molar-refractivity contribution in [3.8, 4) is 0 Å². The summed E-state index contributed by atoms with van der Waals surface area (Å²) < 4.78 is 1.98. The van der Waals surface area contributed by atoms with Gasteiger partial charge in [-0.1, -0.05) is 12.1 Å². The third kappa shape index (κ3) is 2.84. The van der Waals surface area contributed by atoms with E-state index in [1.54, 1.807) is 0 Å². The van der Waals surface area contributed by atoms with E-state index < -0.39 is 0 Å². The Hall–Kier alpha value is -2.49. The molecule has 2 N–H and O–H groups in total. The van der Waals surface area contributed by atoms with Gasteiger partial charge in [-0.2, -0.15) is 0 Å². The van der Waals surface area contributed by atoms with Crippen LogP contribution in [0, 0.1) is 6.92 Å². The molecule has 0 aliphatic carbocycles. The van der Waals surface area contributed by atoms with Crippen LogP contribution in [0.3, 0.4) is 0 Å². The molecule has 0 spiro atoms. The average Bonchev–Trinajstić information content (AvgIpc) is 2.86. The number of aromatic nitrogens is 2. The second-order valence-electron chi connectivity index (χ2n) is 5.31. The number of imidazole rings is 1. The van der Waals surface area contributed by atoms with Crippen LogP contribution in [0.5, 0.6) is 0 Å². The standard InChI is InChI=1S/C17H20N4/c1-3-20(16-6-4-5-13(2)9-16)11-15-12-21-10-14(18)7-8-17(21)19-15/h4-10,12H,3,11,18H2,1-2H3. The Morgan fingerprint density at radius 2 is 2.05 bits per heavy atom. The molecule has 1 aromatic carbocycles. The third-order valence-electron chi connectivity index (χ3n) is 3.63. The van der Waals surface area contributed by atoms with Gasteiger partial charge in [0, 0.05) is 30.3 Å². The van der Waals surface area contributed by atoms with Crippen molar-refractivity contribution in [1.82, 2.24) is 9.38 Å². The molecule has 4 heteroatoms. The van der Waals surface area contributed by atoms with E-state index >= 15 is 0 Å². The maximum absolute atomic E-state index is 5.81. The number of nitrogens with two attached hydrogens (primary N) is 1. The molecule has 108 valence electrons.